The summed E-state index contributed by atoms with van der Waals surface area (Å²) in [5.74, 6) is 0.296. The topological polar surface area (TPSA) is 87.0 Å². The van der Waals surface area contributed by atoms with E-state index in [1.54, 1.807) is 37.3 Å². The largest absolute Gasteiger partial charge is 0.508 e. The molecule has 30 heavy (non-hydrogen) atoms. The van der Waals surface area contributed by atoms with Gasteiger partial charge in [-0.2, -0.15) is 0 Å². The van der Waals surface area contributed by atoms with Crippen molar-refractivity contribution in [2.24, 2.45) is 0 Å². The van der Waals surface area contributed by atoms with Gasteiger partial charge in [-0.25, -0.2) is 0 Å². The Hall–Kier alpha value is -3.05. The lowest BCUT2D eigenvalue weighted by Gasteiger charge is -2.29. The smallest absolute Gasteiger partial charge is 0.189 e. The van der Waals surface area contributed by atoms with Crippen LogP contribution in [0.2, 0.25) is 0 Å². The number of aliphatic hydroxyl groups is 1. The van der Waals surface area contributed by atoms with E-state index in [-0.39, 0.29) is 17.3 Å². The molecular formula is C25H28O5. The van der Waals surface area contributed by atoms with Crippen molar-refractivity contribution in [3.8, 4) is 17.2 Å². The molecule has 0 saturated carbocycles. The van der Waals surface area contributed by atoms with Gasteiger partial charge in [0.2, 0.25) is 0 Å². The van der Waals surface area contributed by atoms with E-state index < -0.39 is 11.7 Å². The van der Waals surface area contributed by atoms with Crippen LogP contribution in [0.3, 0.4) is 0 Å². The molecule has 2 unspecified atom stereocenters. The first-order valence-corrected chi connectivity index (χ1v) is 10.1. The number of carbonyl (C=O) groups excluding carboxylic acids is 1. The third-order valence-corrected chi connectivity index (χ3v) is 5.37. The number of allylic oxidation sites excluding steroid dienone is 3. The molecule has 2 atom stereocenters. The zero-order chi connectivity index (χ0) is 21.9. The van der Waals surface area contributed by atoms with Gasteiger partial charge in [-0.05, 0) is 69.5 Å². The number of fused-ring (bicyclic) bond motifs is 1. The van der Waals surface area contributed by atoms with Crippen LogP contribution in [-0.2, 0) is 6.42 Å². The highest BCUT2D eigenvalue weighted by Crippen LogP contribution is 2.42. The van der Waals surface area contributed by atoms with Crippen LogP contribution >= 0.6 is 0 Å². The first kappa shape index (κ1) is 21.7. The van der Waals surface area contributed by atoms with E-state index in [1.165, 1.54) is 23.8 Å². The van der Waals surface area contributed by atoms with E-state index in [0.29, 0.717) is 29.7 Å². The van der Waals surface area contributed by atoms with E-state index in [4.69, 9.17) is 4.74 Å². The number of benzene rings is 2. The van der Waals surface area contributed by atoms with Crippen molar-refractivity contribution in [1.82, 2.24) is 0 Å². The van der Waals surface area contributed by atoms with Crippen LogP contribution in [0.5, 0.6) is 17.2 Å². The lowest BCUT2D eigenvalue weighted by atomic mass is 9.89. The molecule has 0 aromatic heterocycles. The predicted octanol–water partition coefficient (Wildman–Crippen LogP) is 4.79. The molecule has 0 radical (unpaired) electrons. The van der Waals surface area contributed by atoms with Crippen molar-refractivity contribution in [3.05, 3.63) is 70.8 Å². The first-order valence-electron chi connectivity index (χ1n) is 10.1. The molecular weight excluding hydrogens is 380 g/mol. The Kier molecular flexibility index (Phi) is 6.32. The molecule has 1 heterocycles. The molecule has 1 aliphatic heterocycles. The molecule has 5 heteroatoms. The number of ketones is 1. The van der Waals surface area contributed by atoms with Crippen molar-refractivity contribution in [2.45, 2.75) is 51.7 Å². The highest BCUT2D eigenvalue weighted by Gasteiger charge is 2.40. The third-order valence-electron chi connectivity index (χ3n) is 5.37. The van der Waals surface area contributed by atoms with Crippen LogP contribution in [0.4, 0.5) is 0 Å². The van der Waals surface area contributed by atoms with Crippen LogP contribution < -0.4 is 4.74 Å². The van der Waals surface area contributed by atoms with Gasteiger partial charge in [-0.3, -0.25) is 4.79 Å². The number of hydrogen-bond donors (Lipinski definition) is 3. The highest BCUT2D eigenvalue weighted by atomic mass is 16.5. The minimum atomic E-state index is -1.10. The molecule has 3 rings (SSSR count). The quantitative estimate of drug-likeness (QED) is 0.348. The highest BCUT2D eigenvalue weighted by molar-refractivity contribution is 6.09. The Morgan fingerprint density at radius 1 is 1.17 bits per heavy atom. The van der Waals surface area contributed by atoms with Crippen molar-refractivity contribution >= 4 is 11.9 Å². The number of phenolic OH excluding ortho intramolecular Hbond substituents is 2. The second-order valence-corrected chi connectivity index (χ2v) is 8.22. The molecule has 0 aliphatic carbocycles. The van der Waals surface area contributed by atoms with Crippen LogP contribution in [0, 0.1) is 0 Å². The Bertz CT molecular complexity index is 979. The van der Waals surface area contributed by atoms with E-state index in [0.717, 1.165) is 12.0 Å². The average Bonchev–Trinajstić information content (AvgIpc) is 3.14. The maximum Gasteiger partial charge on any atom is 0.189 e. The van der Waals surface area contributed by atoms with Gasteiger partial charge >= 0.3 is 0 Å². The van der Waals surface area contributed by atoms with Crippen LogP contribution in [0.15, 0.2) is 54.1 Å². The van der Waals surface area contributed by atoms with Crippen LogP contribution in [0.1, 0.15) is 55.1 Å². The van der Waals surface area contributed by atoms with Gasteiger partial charge in [0.1, 0.15) is 23.4 Å². The normalized spacial score (nSPS) is 17.3. The SMILES string of the molecule is CC(C)=CCCC(C)(O)C1Cc2c(O)ccc(C(=O)/C=C/c3ccc(O)cc3)c2O1. The van der Waals surface area contributed by atoms with Crippen molar-refractivity contribution in [2.75, 3.05) is 0 Å². The Morgan fingerprint density at radius 3 is 2.53 bits per heavy atom. The zero-order valence-electron chi connectivity index (χ0n) is 17.6. The molecule has 1 aliphatic rings. The lowest BCUT2D eigenvalue weighted by molar-refractivity contribution is -0.0435. The first-order chi connectivity index (χ1) is 14.2. The fraction of sp³-hybridized carbons (Fsp3) is 0.320. The second kappa shape index (κ2) is 8.76. The third kappa shape index (κ3) is 4.92. The summed E-state index contributed by atoms with van der Waals surface area (Å²) in [5, 5.41) is 30.6. The van der Waals surface area contributed by atoms with Gasteiger partial charge in [-0.1, -0.05) is 29.9 Å². The minimum Gasteiger partial charge on any atom is -0.508 e. The van der Waals surface area contributed by atoms with Crippen LogP contribution in [0.25, 0.3) is 6.08 Å². The summed E-state index contributed by atoms with van der Waals surface area (Å²) in [7, 11) is 0. The second-order valence-electron chi connectivity index (χ2n) is 8.22. The molecule has 0 spiro atoms. The Labute approximate surface area is 177 Å². The van der Waals surface area contributed by atoms with Crippen molar-refractivity contribution in [3.63, 3.8) is 0 Å². The van der Waals surface area contributed by atoms with E-state index in [2.05, 4.69) is 6.08 Å². The van der Waals surface area contributed by atoms with E-state index in [9.17, 15) is 20.1 Å². The van der Waals surface area contributed by atoms with Gasteiger partial charge < -0.3 is 20.1 Å². The number of hydrogen-bond acceptors (Lipinski definition) is 5. The molecule has 2 aromatic carbocycles. The molecule has 5 nitrogen and oxygen atoms in total. The molecule has 158 valence electrons. The van der Waals surface area contributed by atoms with Gasteiger partial charge in [0.25, 0.3) is 0 Å². The van der Waals surface area contributed by atoms with Gasteiger partial charge in [0, 0.05) is 12.0 Å². The maximum atomic E-state index is 12.8. The minimum absolute atomic E-state index is 0.0617. The van der Waals surface area contributed by atoms with Gasteiger partial charge in [0.05, 0.1) is 11.2 Å². The molecule has 0 fully saturated rings. The van der Waals surface area contributed by atoms with E-state index in [1.807, 2.05) is 13.8 Å². The van der Waals surface area contributed by atoms with Crippen molar-refractivity contribution < 1.29 is 24.9 Å². The number of phenols is 2. The van der Waals surface area contributed by atoms with Gasteiger partial charge in [-0.15, -0.1) is 0 Å². The summed E-state index contributed by atoms with van der Waals surface area (Å²) in [6.07, 6.45) is 6.19. The lowest BCUT2D eigenvalue weighted by Crippen LogP contribution is -2.42. The zero-order valence-corrected chi connectivity index (χ0v) is 17.6. The summed E-state index contributed by atoms with van der Waals surface area (Å²) < 4.78 is 6.01. The summed E-state index contributed by atoms with van der Waals surface area (Å²) >= 11 is 0. The number of rotatable bonds is 7. The standard InChI is InChI=1S/C25H28O5/c1-16(2)5-4-14-25(3,29)23-15-20-22(28)13-11-19(24(20)30-23)21(27)12-8-17-6-9-18(26)10-7-17/h5-13,23,26,28-29H,4,14-15H2,1-3H3/b12-8+. The fourth-order valence-electron chi connectivity index (χ4n) is 3.52. The summed E-state index contributed by atoms with van der Waals surface area (Å²) in [5.41, 5.74) is 1.76. The van der Waals surface area contributed by atoms with Crippen molar-refractivity contribution in [1.29, 1.82) is 0 Å². The monoisotopic (exact) mass is 408 g/mol. The summed E-state index contributed by atoms with van der Waals surface area (Å²) in [4.78, 5) is 12.8. The molecule has 0 bridgehead atoms. The fourth-order valence-corrected chi connectivity index (χ4v) is 3.52. The maximum absolute atomic E-state index is 12.8. The Morgan fingerprint density at radius 2 is 1.87 bits per heavy atom. The molecule has 0 amide bonds. The average molecular weight is 408 g/mol. The number of carbonyl (C=O) groups is 1. The predicted molar refractivity (Wildman–Crippen MR) is 117 cm³/mol. The number of aromatic hydroxyl groups is 2. The summed E-state index contributed by atoms with van der Waals surface area (Å²) in [6, 6.07) is 9.54. The molecule has 3 N–H and O–H groups in total. The van der Waals surface area contributed by atoms with Gasteiger partial charge in [0.15, 0.2) is 5.78 Å². The number of ether oxygens (including phenoxy) is 1. The molecule has 0 saturated heterocycles. The van der Waals surface area contributed by atoms with Crippen LogP contribution in [-0.4, -0.2) is 32.8 Å². The molecule has 2 aromatic rings. The summed E-state index contributed by atoms with van der Waals surface area (Å²) in [6.45, 7) is 5.75. The van der Waals surface area contributed by atoms with E-state index >= 15 is 0 Å². The Balaban J connectivity index is 1.80.